The van der Waals surface area contributed by atoms with Crippen LogP contribution in [0.2, 0.25) is 0 Å². The van der Waals surface area contributed by atoms with E-state index in [0.29, 0.717) is 12.3 Å². The van der Waals surface area contributed by atoms with Crippen molar-refractivity contribution in [1.82, 2.24) is 4.90 Å². The summed E-state index contributed by atoms with van der Waals surface area (Å²) < 4.78 is 4.74. The molecule has 0 amide bonds. The van der Waals surface area contributed by atoms with Gasteiger partial charge in [-0.05, 0) is 37.6 Å². The molecule has 0 aromatic heterocycles. The SMILES string of the molecule is COC(=O)CC1CCN(CC2CCCCC2)C1. The molecule has 3 heteroatoms. The molecule has 1 aliphatic carbocycles. The van der Waals surface area contributed by atoms with Gasteiger partial charge in [0.25, 0.3) is 0 Å². The first-order valence-electron chi connectivity index (χ1n) is 7.07. The quantitative estimate of drug-likeness (QED) is 0.706. The fourth-order valence-corrected chi connectivity index (χ4v) is 3.30. The summed E-state index contributed by atoms with van der Waals surface area (Å²) in [5, 5.41) is 0. The van der Waals surface area contributed by atoms with Gasteiger partial charge in [-0.3, -0.25) is 4.79 Å². The van der Waals surface area contributed by atoms with Crippen molar-refractivity contribution in [2.75, 3.05) is 26.7 Å². The predicted octanol–water partition coefficient (Wildman–Crippen LogP) is 2.45. The Labute approximate surface area is 105 Å². The lowest BCUT2D eigenvalue weighted by molar-refractivity contribution is -0.141. The van der Waals surface area contributed by atoms with Gasteiger partial charge in [-0.25, -0.2) is 0 Å². The summed E-state index contributed by atoms with van der Waals surface area (Å²) in [7, 11) is 1.48. The maximum Gasteiger partial charge on any atom is 0.305 e. The lowest BCUT2D eigenvalue weighted by atomic mass is 9.89. The first kappa shape index (κ1) is 12.9. The van der Waals surface area contributed by atoms with Crippen molar-refractivity contribution < 1.29 is 9.53 Å². The van der Waals surface area contributed by atoms with Crippen LogP contribution >= 0.6 is 0 Å². The number of ether oxygens (including phenoxy) is 1. The van der Waals surface area contributed by atoms with Gasteiger partial charge in [-0.1, -0.05) is 19.3 Å². The van der Waals surface area contributed by atoms with Gasteiger partial charge in [0, 0.05) is 19.5 Å². The molecule has 1 atom stereocenters. The zero-order valence-electron chi connectivity index (χ0n) is 11.0. The number of esters is 1. The van der Waals surface area contributed by atoms with E-state index in [1.165, 1.54) is 58.7 Å². The highest BCUT2D eigenvalue weighted by molar-refractivity contribution is 5.69. The summed E-state index contributed by atoms with van der Waals surface area (Å²) >= 11 is 0. The largest absolute Gasteiger partial charge is 0.469 e. The van der Waals surface area contributed by atoms with Crippen LogP contribution in [0.1, 0.15) is 44.9 Å². The van der Waals surface area contributed by atoms with Crippen LogP contribution in [0.15, 0.2) is 0 Å². The van der Waals surface area contributed by atoms with Crippen LogP contribution in [0.5, 0.6) is 0 Å². The minimum absolute atomic E-state index is 0.0467. The van der Waals surface area contributed by atoms with E-state index in [2.05, 4.69) is 4.90 Å². The molecule has 0 aromatic carbocycles. The lowest BCUT2D eigenvalue weighted by Crippen LogP contribution is -2.29. The summed E-state index contributed by atoms with van der Waals surface area (Å²) in [5.41, 5.74) is 0. The third-order valence-electron chi connectivity index (χ3n) is 4.29. The van der Waals surface area contributed by atoms with Crippen molar-refractivity contribution in [3.8, 4) is 0 Å². The molecule has 0 N–H and O–H groups in total. The van der Waals surface area contributed by atoms with Gasteiger partial charge < -0.3 is 9.64 Å². The van der Waals surface area contributed by atoms with Crippen molar-refractivity contribution in [3.63, 3.8) is 0 Å². The van der Waals surface area contributed by atoms with Gasteiger partial charge in [-0.15, -0.1) is 0 Å². The fraction of sp³-hybridized carbons (Fsp3) is 0.929. The third-order valence-corrected chi connectivity index (χ3v) is 4.29. The van der Waals surface area contributed by atoms with Gasteiger partial charge >= 0.3 is 5.97 Å². The average molecular weight is 239 g/mol. The van der Waals surface area contributed by atoms with E-state index in [0.717, 1.165) is 12.5 Å². The van der Waals surface area contributed by atoms with Crippen LogP contribution in [-0.4, -0.2) is 37.6 Å². The molecule has 1 unspecified atom stereocenters. The van der Waals surface area contributed by atoms with Crippen LogP contribution in [0.4, 0.5) is 0 Å². The third kappa shape index (κ3) is 3.98. The van der Waals surface area contributed by atoms with Gasteiger partial charge in [0.15, 0.2) is 0 Å². The van der Waals surface area contributed by atoms with E-state index in [1.54, 1.807) is 0 Å². The van der Waals surface area contributed by atoms with E-state index in [4.69, 9.17) is 4.74 Å². The van der Waals surface area contributed by atoms with E-state index in [9.17, 15) is 4.79 Å². The Morgan fingerprint density at radius 2 is 1.94 bits per heavy atom. The van der Waals surface area contributed by atoms with Crippen molar-refractivity contribution in [2.45, 2.75) is 44.9 Å². The Morgan fingerprint density at radius 1 is 1.18 bits per heavy atom. The summed E-state index contributed by atoms with van der Waals surface area (Å²) in [4.78, 5) is 13.8. The van der Waals surface area contributed by atoms with Crippen LogP contribution in [-0.2, 0) is 9.53 Å². The molecule has 2 fully saturated rings. The number of likely N-dealkylation sites (tertiary alicyclic amines) is 1. The van der Waals surface area contributed by atoms with Gasteiger partial charge in [0.05, 0.1) is 7.11 Å². The maximum atomic E-state index is 11.2. The highest BCUT2D eigenvalue weighted by Crippen LogP contribution is 2.27. The predicted molar refractivity (Wildman–Crippen MR) is 67.8 cm³/mol. The molecule has 3 nitrogen and oxygen atoms in total. The second kappa shape index (κ2) is 6.39. The number of hydrogen-bond acceptors (Lipinski definition) is 3. The number of carbonyl (C=O) groups is 1. The smallest absolute Gasteiger partial charge is 0.305 e. The molecule has 1 saturated heterocycles. The first-order chi connectivity index (χ1) is 8.28. The van der Waals surface area contributed by atoms with Gasteiger partial charge in [-0.2, -0.15) is 0 Å². The Kier molecular flexibility index (Phi) is 4.84. The molecule has 0 radical (unpaired) electrons. The Bertz CT molecular complexity index is 249. The minimum Gasteiger partial charge on any atom is -0.469 e. The minimum atomic E-state index is -0.0467. The summed E-state index contributed by atoms with van der Waals surface area (Å²) in [5.74, 6) is 1.40. The molecule has 1 aliphatic heterocycles. The Hall–Kier alpha value is -0.570. The molecule has 0 spiro atoms. The first-order valence-corrected chi connectivity index (χ1v) is 7.07. The standard InChI is InChI=1S/C14H25NO2/c1-17-14(16)9-13-7-8-15(11-13)10-12-5-3-2-4-6-12/h12-13H,2-11H2,1H3. The number of nitrogens with zero attached hydrogens (tertiary/aromatic N) is 1. The van der Waals surface area contributed by atoms with Crippen LogP contribution in [0, 0.1) is 11.8 Å². The molecule has 1 heterocycles. The highest BCUT2D eigenvalue weighted by atomic mass is 16.5. The zero-order valence-corrected chi connectivity index (χ0v) is 11.0. The second-order valence-corrected chi connectivity index (χ2v) is 5.70. The number of carbonyl (C=O) groups excluding carboxylic acids is 1. The lowest BCUT2D eigenvalue weighted by Gasteiger charge is -2.26. The van der Waals surface area contributed by atoms with E-state index in [-0.39, 0.29) is 5.97 Å². The van der Waals surface area contributed by atoms with Crippen LogP contribution < -0.4 is 0 Å². The van der Waals surface area contributed by atoms with Crippen molar-refractivity contribution in [3.05, 3.63) is 0 Å². The monoisotopic (exact) mass is 239 g/mol. The van der Waals surface area contributed by atoms with Gasteiger partial charge in [0.1, 0.15) is 0 Å². The van der Waals surface area contributed by atoms with Crippen molar-refractivity contribution in [1.29, 1.82) is 0 Å². The number of methoxy groups -OCH3 is 1. The van der Waals surface area contributed by atoms with Crippen molar-refractivity contribution >= 4 is 5.97 Å². The molecule has 2 rings (SSSR count). The number of hydrogen-bond donors (Lipinski definition) is 0. The topological polar surface area (TPSA) is 29.5 Å². The molecule has 17 heavy (non-hydrogen) atoms. The molecular weight excluding hydrogens is 214 g/mol. The molecule has 0 bridgehead atoms. The summed E-state index contributed by atoms with van der Waals surface area (Å²) in [6, 6.07) is 0. The van der Waals surface area contributed by atoms with Crippen LogP contribution in [0.3, 0.4) is 0 Å². The second-order valence-electron chi connectivity index (χ2n) is 5.70. The molecule has 1 saturated carbocycles. The summed E-state index contributed by atoms with van der Waals surface area (Å²) in [6.07, 6.45) is 8.88. The Morgan fingerprint density at radius 3 is 2.65 bits per heavy atom. The van der Waals surface area contributed by atoms with E-state index < -0.39 is 0 Å². The van der Waals surface area contributed by atoms with Gasteiger partial charge in [0.2, 0.25) is 0 Å². The van der Waals surface area contributed by atoms with E-state index in [1.807, 2.05) is 0 Å². The highest BCUT2D eigenvalue weighted by Gasteiger charge is 2.26. The summed E-state index contributed by atoms with van der Waals surface area (Å²) in [6.45, 7) is 3.54. The maximum absolute atomic E-state index is 11.2. The molecule has 0 aromatic rings. The normalized spacial score (nSPS) is 27.2. The fourth-order valence-electron chi connectivity index (χ4n) is 3.30. The van der Waals surface area contributed by atoms with Crippen molar-refractivity contribution in [2.24, 2.45) is 11.8 Å². The Balaban J connectivity index is 1.68. The van der Waals surface area contributed by atoms with Crippen LogP contribution in [0.25, 0.3) is 0 Å². The number of rotatable bonds is 4. The molecule has 2 aliphatic rings. The molecule has 98 valence electrons. The average Bonchev–Trinajstić information content (AvgIpc) is 2.77. The van der Waals surface area contributed by atoms with E-state index >= 15 is 0 Å². The zero-order chi connectivity index (χ0) is 12.1. The molecular formula is C14H25NO2.